The summed E-state index contributed by atoms with van der Waals surface area (Å²) in [5, 5.41) is 11.6. The maximum absolute atomic E-state index is 5.87. The first-order valence-electron chi connectivity index (χ1n) is 7.30. The van der Waals surface area contributed by atoms with E-state index in [4.69, 9.17) is 4.42 Å². The summed E-state index contributed by atoms with van der Waals surface area (Å²) in [4.78, 5) is 0. The minimum absolute atomic E-state index is 0.566. The molecule has 0 aliphatic heterocycles. The highest BCUT2D eigenvalue weighted by Gasteiger charge is 2.50. The number of nitrogens with zero attached hydrogens (tertiary/aromatic N) is 2. The van der Waals surface area contributed by atoms with Crippen molar-refractivity contribution in [2.45, 2.75) is 44.6 Å². The van der Waals surface area contributed by atoms with E-state index in [-0.39, 0.29) is 0 Å². The Bertz CT molecular complexity index is 414. The third kappa shape index (κ3) is 1.62. The van der Waals surface area contributed by atoms with E-state index in [1.54, 1.807) is 0 Å². The Morgan fingerprint density at radius 1 is 1.06 bits per heavy atom. The molecule has 4 bridgehead atoms. The van der Waals surface area contributed by atoms with E-state index in [0.717, 1.165) is 35.5 Å². The molecule has 0 saturated heterocycles. The van der Waals surface area contributed by atoms with E-state index in [2.05, 4.69) is 15.5 Å². The highest BCUT2D eigenvalue weighted by molar-refractivity contribution is 5.08. The fourth-order valence-corrected chi connectivity index (χ4v) is 4.95. The molecule has 1 aromatic heterocycles. The molecule has 0 spiro atoms. The number of rotatable bonds is 3. The summed E-state index contributed by atoms with van der Waals surface area (Å²) in [6, 6.07) is 0. The van der Waals surface area contributed by atoms with Gasteiger partial charge in [-0.25, -0.2) is 0 Å². The van der Waals surface area contributed by atoms with Crippen molar-refractivity contribution in [1.82, 2.24) is 15.5 Å². The molecule has 1 heterocycles. The van der Waals surface area contributed by atoms with Crippen LogP contribution >= 0.6 is 0 Å². The SMILES string of the molecule is CNCc1nnc(C2C3CC4CC(C3)CC2C4)o1. The van der Waals surface area contributed by atoms with Gasteiger partial charge in [-0.2, -0.15) is 0 Å². The minimum atomic E-state index is 0.566. The fraction of sp³-hybridized carbons (Fsp3) is 0.857. The van der Waals surface area contributed by atoms with E-state index in [1.807, 2.05) is 7.05 Å². The van der Waals surface area contributed by atoms with Crippen molar-refractivity contribution in [2.75, 3.05) is 7.05 Å². The molecular weight excluding hydrogens is 226 g/mol. The lowest BCUT2D eigenvalue weighted by molar-refractivity contribution is -0.0118. The van der Waals surface area contributed by atoms with E-state index in [1.165, 1.54) is 32.1 Å². The molecular formula is C14H21N3O. The van der Waals surface area contributed by atoms with Gasteiger partial charge in [0.2, 0.25) is 11.8 Å². The number of nitrogens with one attached hydrogen (secondary N) is 1. The molecule has 4 aliphatic rings. The third-order valence-electron chi connectivity index (χ3n) is 5.32. The van der Waals surface area contributed by atoms with E-state index in [9.17, 15) is 0 Å². The summed E-state index contributed by atoms with van der Waals surface area (Å²) in [7, 11) is 1.91. The molecule has 0 unspecified atom stereocenters. The molecule has 0 atom stereocenters. The summed E-state index contributed by atoms with van der Waals surface area (Å²) in [6.45, 7) is 0.681. The number of aromatic nitrogens is 2. The highest BCUT2D eigenvalue weighted by Crippen LogP contribution is 2.59. The second-order valence-corrected chi connectivity index (χ2v) is 6.52. The van der Waals surface area contributed by atoms with Gasteiger partial charge in [-0.3, -0.25) is 0 Å². The molecule has 1 aromatic rings. The van der Waals surface area contributed by atoms with Crippen LogP contribution in [-0.2, 0) is 6.54 Å². The molecule has 4 aliphatic carbocycles. The van der Waals surface area contributed by atoms with Gasteiger partial charge in [-0.15, -0.1) is 10.2 Å². The number of hydrogen-bond donors (Lipinski definition) is 1. The quantitative estimate of drug-likeness (QED) is 0.890. The van der Waals surface area contributed by atoms with Gasteiger partial charge < -0.3 is 9.73 Å². The zero-order valence-electron chi connectivity index (χ0n) is 10.9. The Morgan fingerprint density at radius 3 is 2.33 bits per heavy atom. The second-order valence-electron chi connectivity index (χ2n) is 6.52. The monoisotopic (exact) mass is 247 g/mol. The van der Waals surface area contributed by atoms with Gasteiger partial charge in [-0.1, -0.05) is 0 Å². The molecule has 1 N–H and O–H groups in total. The Hall–Kier alpha value is -0.900. The first-order chi connectivity index (χ1) is 8.83. The Balaban J connectivity index is 1.60. The zero-order chi connectivity index (χ0) is 12.1. The van der Waals surface area contributed by atoms with Crippen LogP contribution in [0.25, 0.3) is 0 Å². The number of hydrogen-bond acceptors (Lipinski definition) is 4. The third-order valence-corrected chi connectivity index (χ3v) is 5.32. The van der Waals surface area contributed by atoms with Crippen molar-refractivity contribution in [1.29, 1.82) is 0 Å². The Kier molecular flexibility index (Phi) is 2.47. The minimum Gasteiger partial charge on any atom is -0.424 e. The van der Waals surface area contributed by atoms with Crippen LogP contribution < -0.4 is 5.32 Å². The van der Waals surface area contributed by atoms with Crippen LogP contribution in [0.5, 0.6) is 0 Å². The van der Waals surface area contributed by atoms with Gasteiger partial charge >= 0.3 is 0 Å². The van der Waals surface area contributed by atoms with Crippen molar-refractivity contribution in [3.63, 3.8) is 0 Å². The lowest BCUT2D eigenvalue weighted by Crippen LogP contribution is -2.43. The largest absolute Gasteiger partial charge is 0.424 e. The summed E-state index contributed by atoms with van der Waals surface area (Å²) >= 11 is 0. The maximum Gasteiger partial charge on any atom is 0.230 e. The molecule has 4 heteroatoms. The normalized spacial score (nSPS) is 41.5. The predicted molar refractivity (Wildman–Crippen MR) is 66.8 cm³/mol. The lowest BCUT2D eigenvalue weighted by atomic mass is 9.52. The fourth-order valence-electron chi connectivity index (χ4n) is 4.95. The van der Waals surface area contributed by atoms with Crippen molar-refractivity contribution >= 4 is 0 Å². The van der Waals surface area contributed by atoms with Gasteiger partial charge in [0.25, 0.3) is 0 Å². The van der Waals surface area contributed by atoms with Crippen molar-refractivity contribution in [3.8, 4) is 0 Å². The topological polar surface area (TPSA) is 51.0 Å². The van der Waals surface area contributed by atoms with Crippen LogP contribution in [0.15, 0.2) is 4.42 Å². The van der Waals surface area contributed by atoms with Crippen molar-refractivity contribution in [3.05, 3.63) is 11.8 Å². The van der Waals surface area contributed by atoms with Gasteiger partial charge in [0.15, 0.2) is 0 Å². The Morgan fingerprint density at radius 2 is 1.72 bits per heavy atom. The zero-order valence-corrected chi connectivity index (χ0v) is 10.9. The van der Waals surface area contributed by atoms with Crippen molar-refractivity contribution < 1.29 is 4.42 Å². The molecule has 18 heavy (non-hydrogen) atoms. The molecule has 4 fully saturated rings. The molecule has 4 nitrogen and oxygen atoms in total. The molecule has 4 saturated carbocycles. The van der Waals surface area contributed by atoms with Gasteiger partial charge in [0.05, 0.1) is 6.54 Å². The lowest BCUT2D eigenvalue weighted by Gasteiger charge is -2.53. The summed E-state index contributed by atoms with van der Waals surface area (Å²) in [5.41, 5.74) is 0. The molecule has 98 valence electrons. The standard InChI is InChI=1S/C14H21N3O/c1-15-7-12-16-17-14(18-12)13-10-3-8-2-9(5-10)6-11(13)4-8/h8-11,13,15H,2-7H2,1H3. The van der Waals surface area contributed by atoms with Crippen LogP contribution in [0.1, 0.15) is 49.8 Å². The van der Waals surface area contributed by atoms with E-state index < -0.39 is 0 Å². The van der Waals surface area contributed by atoms with Crippen LogP contribution in [0.4, 0.5) is 0 Å². The van der Waals surface area contributed by atoms with Gasteiger partial charge in [0.1, 0.15) is 0 Å². The predicted octanol–water partition coefficient (Wildman–Crippen LogP) is 2.33. The molecule has 0 amide bonds. The van der Waals surface area contributed by atoms with Crippen LogP contribution in [0, 0.1) is 23.7 Å². The average molecular weight is 247 g/mol. The highest BCUT2D eigenvalue weighted by atomic mass is 16.4. The smallest absolute Gasteiger partial charge is 0.230 e. The van der Waals surface area contributed by atoms with E-state index in [0.29, 0.717) is 12.5 Å². The van der Waals surface area contributed by atoms with E-state index >= 15 is 0 Å². The van der Waals surface area contributed by atoms with Gasteiger partial charge in [0, 0.05) is 5.92 Å². The summed E-state index contributed by atoms with van der Waals surface area (Å²) in [6.07, 6.45) is 7.11. The second kappa shape index (κ2) is 4.05. The van der Waals surface area contributed by atoms with Gasteiger partial charge in [-0.05, 0) is 62.8 Å². The van der Waals surface area contributed by atoms with Crippen LogP contribution in [0.2, 0.25) is 0 Å². The van der Waals surface area contributed by atoms with Crippen LogP contribution in [0.3, 0.4) is 0 Å². The molecule has 5 rings (SSSR count). The average Bonchev–Trinajstić information content (AvgIpc) is 2.76. The van der Waals surface area contributed by atoms with Crippen LogP contribution in [-0.4, -0.2) is 17.2 Å². The molecule has 0 aromatic carbocycles. The van der Waals surface area contributed by atoms with Crippen molar-refractivity contribution in [2.24, 2.45) is 23.7 Å². The summed E-state index contributed by atoms with van der Waals surface area (Å²) < 4.78 is 5.87. The maximum atomic E-state index is 5.87. The first-order valence-corrected chi connectivity index (χ1v) is 7.30. The summed E-state index contributed by atoms with van der Waals surface area (Å²) in [5.74, 6) is 5.88. The first kappa shape index (κ1) is 11.0. The Labute approximate surface area is 108 Å². The molecule has 0 radical (unpaired) electrons.